The van der Waals surface area contributed by atoms with Crippen molar-refractivity contribution < 1.29 is 4.74 Å². The fraction of sp³-hybridized carbons (Fsp3) is 0.438. The zero-order chi connectivity index (χ0) is 13.5. The molecule has 0 saturated carbocycles. The van der Waals surface area contributed by atoms with Crippen LogP contribution >= 0.6 is 0 Å². The lowest BCUT2D eigenvalue weighted by Crippen LogP contribution is -1.80. The van der Waals surface area contributed by atoms with Gasteiger partial charge < -0.3 is 4.74 Å². The molecule has 0 amide bonds. The van der Waals surface area contributed by atoms with E-state index >= 15 is 0 Å². The van der Waals surface area contributed by atoms with Gasteiger partial charge in [-0.05, 0) is 44.3 Å². The van der Waals surface area contributed by atoms with Gasteiger partial charge in [0.15, 0.2) is 0 Å². The van der Waals surface area contributed by atoms with E-state index in [1.807, 2.05) is 19.1 Å². The van der Waals surface area contributed by atoms with Crippen molar-refractivity contribution in [3.8, 4) is 6.26 Å². The average Bonchev–Trinajstić information content (AvgIpc) is 2.37. The van der Waals surface area contributed by atoms with E-state index in [0.29, 0.717) is 5.76 Å². The Kier molecular flexibility index (Phi) is 12.0. The van der Waals surface area contributed by atoms with Crippen molar-refractivity contribution in [2.75, 3.05) is 0 Å². The second-order valence-corrected chi connectivity index (χ2v) is 3.81. The van der Waals surface area contributed by atoms with Gasteiger partial charge >= 0.3 is 0 Å². The first kappa shape index (κ1) is 16.2. The second kappa shape index (κ2) is 13.3. The summed E-state index contributed by atoms with van der Waals surface area (Å²) in [7, 11) is 0. The zero-order valence-corrected chi connectivity index (χ0v) is 11.4. The molecule has 0 saturated heterocycles. The third-order valence-electron chi connectivity index (χ3n) is 2.21. The lowest BCUT2D eigenvalue weighted by molar-refractivity contribution is 0.390. The molecule has 0 bridgehead atoms. The first-order valence-electron chi connectivity index (χ1n) is 6.59. The quantitative estimate of drug-likeness (QED) is 0.247. The Morgan fingerprint density at radius 1 is 1.06 bits per heavy atom. The van der Waals surface area contributed by atoms with Gasteiger partial charge in [-0.15, -0.1) is 5.26 Å². The van der Waals surface area contributed by atoms with E-state index in [4.69, 9.17) is 10.00 Å². The van der Waals surface area contributed by atoms with Crippen LogP contribution in [0.15, 0.2) is 48.3 Å². The molecule has 0 aliphatic rings. The van der Waals surface area contributed by atoms with E-state index in [1.54, 1.807) is 6.26 Å². The molecule has 0 atom stereocenters. The van der Waals surface area contributed by atoms with E-state index in [-0.39, 0.29) is 0 Å². The predicted molar refractivity (Wildman–Crippen MR) is 76.6 cm³/mol. The first-order valence-corrected chi connectivity index (χ1v) is 6.59. The average molecular weight is 245 g/mol. The maximum absolute atomic E-state index is 8.44. The Bertz CT molecular complexity index is 343. The van der Waals surface area contributed by atoms with E-state index in [2.05, 4.69) is 37.3 Å². The van der Waals surface area contributed by atoms with Gasteiger partial charge in [-0.2, -0.15) is 0 Å². The van der Waals surface area contributed by atoms with Gasteiger partial charge in [0.1, 0.15) is 5.76 Å². The summed E-state index contributed by atoms with van der Waals surface area (Å²) < 4.78 is 4.81. The number of nitriles is 1. The molecule has 2 nitrogen and oxygen atoms in total. The van der Waals surface area contributed by atoms with E-state index in [9.17, 15) is 0 Å². The van der Waals surface area contributed by atoms with Crippen LogP contribution in [0.4, 0.5) is 0 Å². The van der Waals surface area contributed by atoms with E-state index in [0.717, 1.165) is 32.1 Å². The molecule has 0 aliphatic carbocycles. The standard InChI is InChI=1S/C16H23NO/c1-3-5-6-7-8-9-10-11-12-14-16(13-4-2)18-15-17/h5-8,12-14H,3-4,9-11H2,1-2H3/b6-5-,8-7-,14-12-,16-13+. The molecule has 0 aromatic carbocycles. The summed E-state index contributed by atoms with van der Waals surface area (Å²) in [6, 6.07) is 0. The fourth-order valence-corrected chi connectivity index (χ4v) is 1.34. The monoisotopic (exact) mass is 245 g/mol. The van der Waals surface area contributed by atoms with Gasteiger partial charge in [-0.25, -0.2) is 0 Å². The molecule has 0 radical (unpaired) electrons. The van der Waals surface area contributed by atoms with Crippen molar-refractivity contribution in [3.05, 3.63) is 48.3 Å². The van der Waals surface area contributed by atoms with Crippen LogP contribution in [0.1, 0.15) is 46.0 Å². The number of unbranched alkanes of at least 4 members (excludes halogenated alkanes) is 2. The zero-order valence-electron chi connectivity index (χ0n) is 11.4. The summed E-state index contributed by atoms with van der Waals surface area (Å²) in [5.41, 5.74) is 0. The summed E-state index contributed by atoms with van der Waals surface area (Å²) in [4.78, 5) is 0. The van der Waals surface area contributed by atoms with Gasteiger partial charge in [0.2, 0.25) is 0 Å². The minimum Gasteiger partial charge on any atom is -0.388 e. The van der Waals surface area contributed by atoms with E-state index < -0.39 is 0 Å². The Balaban J connectivity index is 3.76. The molecule has 0 aromatic heterocycles. The molecule has 98 valence electrons. The van der Waals surface area contributed by atoms with Crippen molar-refractivity contribution >= 4 is 0 Å². The second-order valence-electron chi connectivity index (χ2n) is 3.81. The van der Waals surface area contributed by atoms with Crippen LogP contribution in [0.2, 0.25) is 0 Å². The summed E-state index contributed by atoms with van der Waals surface area (Å²) in [6.07, 6.45) is 21.1. The molecule has 0 spiro atoms. The highest BCUT2D eigenvalue weighted by atomic mass is 16.5. The van der Waals surface area contributed by atoms with Gasteiger partial charge in [0, 0.05) is 0 Å². The minimum absolute atomic E-state index is 0.640. The number of hydrogen-bond donors (Lipinski definition) is 0. The van der Waals surface area contributed by atoms with Gasteiger partial charge in [0.05, 0.1) is 0 Å². The smallest absolute Gasteiger partial charge is 0.292 e. The highest BCUT2D eigenvalue weighted by Crippen LogP contribution is 2.04. The predicted octanol–water partition coefficient (Wildman–Crippen LogP) is 5.03. The van der Waals surface area contributed by atoms with Crippen LogP contribution in [0, 0.1) is 11.5 Å². The molecule has 18 heavy (non-hydrogen) atoms. The lowest BCUT2D eigenvalue weighted by Gasteiger charge is -1.95. The molecule has 0 unspecified atom stereocenters. The SMILES string of the molecule is CC/C=C\C=C/CCC/C=C\C(=C/CC)OC#N. The van der Waals surface area contributed by atoms with Crippen LogP contribution in [-0.2, 0) is 4.74 Å². The number of allylic oxidation sites excluding steroid dienone is 7. The summed E-state index contributed by atoms with van der Waals surface area (Å²) >= 11 is 0. The number of nitrogens with zero attached hydrogens (tertiary/aromatic N) is 1. The summed E-state index contributed by atoms with van der Waals surface area (Å²) in [5, 5.41) is 8.44. The molecule has 2 heteroatoms. The van der Waals surface area contributed by atoms with Crippen LogP contribution in [-0.4, -0.2) is 0 Å². The molecule has 0 rings (SSSR count). The van der Waals surface area contributed by atoms with Crippen LogP contribution in [0.5, 0.6) is 0 Å². The molecule has 0 heterocycles. The molecular formula is C16H23NO. The van der Waals surface area contributed by atoms with Crippen molar-refractivity contribution in [2.24, 2.45) is 0 Å². The van der Waals surface area contributed by atoms with Crippen molar-refractivity contribution in [1.82, 2.24) is 0 Å². The molecule has 0 aliphatic heterocycles. The Morgan fingerprint density at radius 3 is 2.44 bits per heavy atom. The maximum Gasteiger partial charge on any atom is 0.292 e. The van der Waals surface area contributed by atoms with Crippen LogP contribution < -0.4 is 0 Å². The normalized spacial score (nSPS) is 12.6. The van der Waals surface area contributed by atoms with Crippen LogP contribution in [0.25, 0.3) is 0 Å². The lowest BCUT2D eigenvalue weighted by atomic mass is 10.2. The van der Waals surface area contributed by atoms with Crippen LogP contribution in [0.3, 0.4) is 0 Å². The third-order valence-corrected chi connectivity index (χ3v) is 2.21. The van der Waals surface area contributed by atoms with Gasteiger partial charge in [-0.3, -0.25) is 0 Å². The summed E-state index contributed by atoms with van der Waals surface area (Å²) in [6.45, 7) is 4.14. The third kappa shape index (κ3) is 10.8. The Labute approximate surface area is 111 Å². The number of hydrogen-bond acceptors (Lipinski definition) is 2. The van der Waals surface area contributed by atoms with Gasteiger partial charge in [0.25, 0.3) is 6.26 Å². The highest BCUT2D eigenvalue weighted by molar-refractivity contribution is 5.13. The van der Waals surface area contributed by atoms with Crippen molar-refractivity contribution in [1.29, 1.82) is 5.26 Å². The first-order chi connectivity index (χ1) is 8.85. The number of ether oxygens (including phenoxy) is 1. The number of rotatable bonds is 9. The molecule has 0 fully saturated rings. The Hall–Kier alpha value is -1.75. The molecule has 0 aromatic rings. The molecule has 0 N–H and O–H groups in total. The fourth-order valence-electron chi connectivity index (χ4n) is 1.34. The topological polar surface area (TPSA) is 33.0 Å². The van der Waals surface area contributed by atoms with E-state index in [1.165, 1.54) is 0 Å². The van der Waals surface area contributed by atoms with Gasteiger partial charge in [-0.1, -0.05) is 44.2 Å². The summed E-state index contributed by atoms with van der Waals surface area (Å²) in [5.74, 6) is 0.640. The Morgan fingerprint density at radius 2 is 1.78 bits per heavy atom. The molecular weight excluding hydrogens is 222 g/mol. The minimum atomic E-state index is 0.640. The largest absolute Gasteiger partial charge is 0.388 e. The van der Waals surface area contributed by atoms with Crippen molar-refractivity contribution in [3.63, 3.8) is 0 Å². The van der Waals surface area contributed by atoms with Crippen molar-refractivity contribution in [2.45, 2.75) is 46.0 Å². The maximum atomic E-state index is 8.44. The highest BCUT2D eigenvalue weighted by Gasteiger charge is 1.90.